The molecule has 3 aromatic carbocycles. The van der Waals surface area contributed by atoms with Crippen molar-refractivity contribution >= 4 is 52.4 Å². The summed E-state index contributed by atoms with van der Waals surface area (Å²) in [4.78, 5) is 16.4. The lowest BCUT2D eigenvalue weighted by molar-refractivity contribution is 0.0600. The number of hydrogen-bond acceptors (Lipinski definition) is 3. The van der Waals surface area contributed by atoms with Gasteiger partial charge in [0.15, 0.2) is 0 Å². The van der Waals surface area contributed by atoms with E-state index in [1.165, 1.54) is 7.11 Å². The minimum absolute atomic E-state index is 0.349. The number of imidazole rings is 1. The molecule has 0 radical (unpaired) electrons. The Morgan fingerprint density at radius 2 is 1.80 bits per heavy atom. The van der Waals surface area contributed by atoms with Crippen LogP contribution in [0.1, 0.15) is 27.3 Å². The molecule has 30 heavy (non-hydrogen) atoms. The summed E-state index contributed by atoms with van der Waals surface area (Å²) in [6.45, 7) is 0.607. The number of fused-ring (bicyclic) bond motifs is 1. The van der Waals surface area contributed by atoms with Crippen LogP contribution in [0.15, 0.2) is 66.7 Å². The summed E-state index contributed by atoms with van der Waals surface area (Å²) in [5, 5.41) is 1.18. The van der Waals surface area contributed by atoms with Crippen LogP contribution in [-0.4, -0.2) is 22.6 Å². The predicted octanol–water partition coefficient (Wildman–Crippen LogP) is 6.35. The van der Waals surface area contributed by atoms with Gasteiger partial charge in [-0.15, -0.1) is 0 Å². The molecule has 1 heterocycles. The van der Waals surface area contributed by atoms with E-state index in [2.05, 4.69) is 4.57 Å². The Morgan fingerprint density at radius 3 is 2.53 bits per heavy atom. The van der Waals surface area contributed by atoms with Crippen LogP contribution in [0.4, 0.5) is 0 Å². The van der Waals surface area contributed by atoms with Crippen LogP contribution in [0.2, 0.25) is 10.0 Å². The normalized spacial score (nSPS) is 11.3. The summed E-state index contributed by atoms with van der Waals surface area (Å²) in [5.74, 6) is 0.456. The first kappa shape index (κ1) is 20.2. The highest BCUT2D eigenvalue weighted by Gasteiger charge is 2.10. The molecule has 0 aliphatic carbocycles. The summed E-state index contributed by atoms with van der Waals surface area (Å²) in [6, 6.07) is 20.8. The fourth-order valence-electron chi connectivity index (χ4n) is 3.24. The van der Waals surface area contributed by atoms with Gasteiger partial charge in [-0.1, -0.05) is 53.5 Å². The summed E-state index contributed by atoms with van der Waals surface area (Å²) in [7, 11) is 1.37. The summed E-state index contributed by atoms with van der Waals surface area (Å²) < 4.78 is 6.90. The fourth-order valence-corrected chi connectivity index (χ4v) is 3.71. The number of carbonyl (C=O) groups is 1. The molecule has 6 heteroatoms. The lowest BCUT2D eigenvalue weighted by Gasteiger charge is -2.08. The number of esters is 1. The van der Waals surface area contributed by atoms with Gasteiger partial charge >= 0.3 is 5.97 Å². The molecule has 0 saturated carbocycles. The number of benzene rings is 3. The van der Waals surface area contributed by atoms with E-state index in [1.807, 2.05) is 54.6 Å². The second-order valence-corrected chi connectivity index (χ2v) is 7.58. The highest BCUT2D eigenvalue weighted by molar-refractivity contribution is 6.35. The summed E-state index contributed by atoms with van der Waals surface area (Å²) in [6.07, 6.45) is 3.87. The number of aromatic nitrogens is 2. The van der Waals surface area contributed by atoms with Gasteiger partial charge in [0.2, 0.25) is 0 Å². The quantitative estimate of drug-likeness (QED) is 0.342. The highest BCUT2D eigenvalue weighted by atomic mass is 35.5. The third-order valence-electron chi connectivity index (χ3n) is 4.77. The van der Waals surface area contributed by atoms with Crippen LogP contribution in [0, 0.1) is 0 Å². The SMILES string of the molecule is COC(=O)c1ccc(Cn2c(/C=C/c3ccc(Cl)cc3Cl)nc3ccccc32)cc1. The molecule has 0 N–H and O–H groups in total. The van der Waals surface area contributed by atoms with E-state index in [1.54, 1.807) is 24.3 Å². The standard InChI is InChI=1S/C24H18Cl2N2O2/c1-30-24(29)18-8-6-16(7-9-18)15-28-22-5-3-2-4-21(22)27-23(28)13-11-17-10-12-19(25)14-20(17)26/h2-14H,15H2,1H3/b13-11+. The second-order valence-electron chi connectivity index (χ2n) is 6.73. The van der Waals surface area contributed by atoms with Gasteiger partial charge in [-0.2, -0.15) is 0 Å². The Hall–Kier alpha value is -3.08. The minimum atomic E-state index is -0.349. The third-order valence-corrected chi connectivity index (χ3v) is 5.34. The molecule has 0 fully saturated rings. The van der Waals surface area contributed by atoms with Crippen LogP contribution in [-0.2, 0) is 11.3 Å². The molecule has 4 nitrogen and oxygen atoms in total. The predicted molar refractivity (Wildman–Crippen MR) is 122 cm³/mol. The number of ether oxygens (including phenoxy) is 1. The van der Waals surface area contributed by atoms with Crippen molar-refractivity contribution in [2.24, 2.45) is 0 Å². The van der Waals surface area contributed by atoms with Crippen molar-refractivity contribution in [3.05, 3.63) is 99.3 Å². The summed E-state index contributed by atoms with van der Waals surface area (Å²) in [5.41, 5.74) is 4.36. The van der Waals surface area contributed by atoms with Gasteiger partial charge in [-0.3, -0.25) is 0 Å². The number of methoxy groups -OCH3 is 1. The van der Waals surface area contributed by atoms with E-state index in [-0.39, 0.29) is 5.97 Å². The number of nitrogens with zero attached hydrogens (tertiary/aromatic N) is 2. The second kappa shape index (κ2) is 8.74. The number of halogens is 2. The Bertz CT molecular complexity index is 1240. The molecule has 0 saturated heterocycles. The minimum Gasteiger partial charge on any atom is -0.465 e. The number of rotatable bonds is 5. The van der Waals surface area contributed by atoms with Crippen LogP contribution >= 0.6 is 23.2 Å². The lowest BCUT2D eigenvalue weighted by Crippen LogP contribution is -2.04. The molecule has 4 aromatic rings. The molecular weight excluding hydrogens is 419 g/mol. The third kappa shape index (κ3) is 4.25. The van der Waals surface area contributed by atoms with E-state index in [0.717, 1.165) is 28.0 Å². The average molecular weight is 437 g/mol. The maximum atomic E-state index is 11.7. The van der Waals surface area contributed by atoms with Gasteiger partial charge in [0.25, 0.3) is 0 Å². The zero-order valence-electron chi connectivity index (χ0n) is 16.2. The Balaban J connectivity index is 1.70. The maximum Gasteiger partial charge on any atom is 0.337 e. The molecule has 0 atom stereocenters. The van der Waals surface area contributed by atoms with E-state index in [0.29, 0.717) is 22.2 Å². The van der Waals surface area contributed by atoms with E-state index >= 15 is 0 Å². The van der Waals surface area contributed by atoms with Gasteiger partial charge in [-0.25, -0.2) is 9.78 Å². The van der Waals surface area contributed by atoms with Gasteiger partial charge in [0, 0.05) is 16.6 Å². The summed E-state index contributed by atoms with van der Waals surface area (Å²) >= 11 is 12.3. The lowest BCUT2D eigenvalue weighted by atomic mass is 10.1. The van der Waals surface area contributed by atoms with Gasteiger partial charge in [0.1, 0.15) is 5.82 Å². The molecule has 0 amide bonds. The van der Waals surface area contributed by atoms with Crippen molar-refractivity contribution in [3.63, 3.8) is 0 Å². The average Bonchev–Trinajstić information content (AvgIpc) is 3.10. The Labute approximate surface area is 184 Å². The molecule has 150 valence electrons. The largest absolute Gasteiger partial charge is 0.465 e. The molecule has 4 rings (SSSR count). The number of para-hydroxylation sites is 2. The molecule has 1 aromatic heterocycles. The number of carbonyl (C=O) groups excluding carboxylic acids is 1. The van der Waals surface area contributed by atoms with Crippen molar-refractivity contribution in [2.75, 3.05) is 7.11 Å². The molecule has 0 spiro atoms. The first-order valence-corrected chi connectivity index (χ1v) is 10.1. The van der Waals surface area contributed by atoms with Crippen LogP contribution < -0.4 is 0 Å². The van der Waals surface area contributed by atoms with Crippen LogP contribution in [0.3, 0.4) is 0 Å². The van der Waals surface area contributed by atoms with Crippen molar-refractivity contribution < 1.29 is 9.53 Å². The maximum absolute atomic E-state index is 11.7. The molecule has 0 bridgehead atoms. The molecule has 0 aliphatic rings. The van der Waals surface area contributed by atoms with Crippen LogP contribution in [0.5, 0.6) is 0 Å². The topological polar surface area (TPSA) is 44.1 Å². The first-order valence-electron chi connectivity index (χ1n) is 9.31. The van der Waals surface area contributed by atoms with Crippen LogP contribution in [0.25, 0.3) is 23.2 Å². The van der Waals surface area contributed by atoms with Crippen molar-refractivity contribution in [1.82, 2.24) is 9.55 Å². The van der Waals surface area contributed by atoms with Gasteiger partial charge in [-0.05, 0) is 59.7 Å². The smallest absolute Gasteiger partial charge is 0.337 e. The fraction of sp³-hybridized carbons (Fsp3) is 0.0833. The van der Waals surface area contributed by atoms with E-state index in [4.69, 9.17) is 32.9 Å². The van der Waals surface area contributed by atoms with Gasteiger partial charge < -0.3 is 9.30 Å². The zero-order valence-corrected chi connectivity index (χ0v) is 17.7. The highest BCUT2D eigenvalue weighted by Crippen LogP contribution is 2.24. The van der Waals surface area contributed by atoms with E-state index < -0.39 is 0 Å². The molecule has 0 aliphatic heterocycles. The van der Waals surface area contributed by atoms with Crippen molar-refractivity contribution in [1.29, 1.82) is 0 Å². The molecule has 0 unspecified atom stereocenters. The monoisotopic (exact) mass is 436 g/mol. The van der Waals surface area contributed by atoms with Crippen molar-refractivity contribution in [3.8, 4) is 0 Å². The van der Waals surface area contributed by atoms with E-state index in [9.17, 15) is 4.79 Å². The Morgan fingerprint density at radius 1 is 1.03 bits per heavy atom. The van der Waals surface area contributed by atoms with Crippen molar-refractivity contribution in [2.45, 2.75) is 6.54 Å². The van der Waals surface area contributed by atoms with Gasteiger partial charge in [0.05, 0.1) is 23.7 Å². The Kier molecular flexibility index (Phi) is 5.88. The zero-order chi connectivity index (χ0) is 21.1. The molecular formula is C24H18Cl2N2O2. The number of hydrogen-bond donors (Lipinski definition) is 0. The first-order chi connectivity index (χ1) is 14.5.